The number of pyridine rings is 2. The van der Waals surface area contributed by atoms with Crippen molar-refractivity contribution >= 4 is 22.7 Å². The van der Waals surface area contributed by atoms with Crippen molar-refractivity contribution in [3.63, 3.8) is 0 Å². The Labute approximate surface area is 192 Å². The topological polar surface area (TPSA) is 75.2 Å². The van der Waals surface area contributed by atoms with E-state index in [1.165, 1.54) is 0 Å². The summed E-state index contributed by atoms with van der Waals surface area (Å²) in [5.74, 6) is -0.0701. The van der Waals surface area contributed by atoms with E-state index < -0.39 is 0 Å². The molecule has 0 atom stereocenters. The molecule has 0 saturated carbocycles. The molecule has 0 radical (unpaired) electrons. The van der Waals surface area contributed by atoms with E-state index in [1.54, 1.807) is 12.4 Å². The van der Waals surface area contributed by atoms with Gasteiger partial charge < -0.3 is 10.2 Å². The third-order valence-electron chi connectivity index (χ3n) is 6.08. The van der Waals surface area contributed by atoms with Crippen molar-refractivity contribution in [3.05, 3.63) is 96.3 Å². The van der Waals surface area contributed by atoms with Gasteiger partial charge in [0.05, 0.1) is 16.8 Å². The molecule has 1 fully saturated rings. The molecule has 1 aliphatic rings. The van der Waals surface area contributed by atoms with Crippen LogP contribution >= 0.6 is 0 Å². The van der Waals surface area contributed by atoms with Crippen LogP contribution in [0.2, 0.25) is 0 Å². The SMILES string of the molecule is O=C(NC1CCN(C(=O)c2cc(-c3ccncc3)nc3ccccc23)CC1)c1ccccc1. The van der Waals surface area contributed by atoms with Gasteiger partial charge in [0.25, 0.3) is 11.8 Å². The number of para-hydroxylation sites is 1. The summed E-state index contributed by atoms with van der Waals surface area (Å²) < 4.78 is 0. The fraction of sp³-hybridized carbons (Fsp3) is 0.185. The Balaban J connectivity index is 1.34. The summed E-state index contributed by atoms with van der Waals surface area (Å²) in [6, 6.07) is 22.7. The minimum Gasteiger partial charge on any atom is -0.349 e. The number of carbonyl (C=O) groups excluding carboxylic acids is 2. The van der Waals surface area contributed by atoms with Gasteiger partial charge in [-0.15, -0.1) is 0 Å². The lowest BCUT2D eigenvalue weighted by Crippen LogP contribution is -2.46. The molecular weight excluding hydrogens is 412 g/mol. The smallest absolute Gasteiger partial charge is 0.254 e. The summed E-state index contributed by atoms with van der Waals surface area (Å²) in [4.78, 5) is 36.7. The van der Waals surface area contributed by atoms with Crippen LogP contribution < -0.4 is 5.32 Å². The predicted octanol–water partition coefficient (Wildman–Crippen LogP) is 4.33. The summed E-state index contributed by atoms with van der Waals surface area (Å²) in [7, 11) is 0. The maximum Gasteiger partial charge on any atom is 0.254 e. The van der Waals surface area contributed by atoms with E-state index in [9.17, 15) is 9.59 Å². The highest BCUT2D eigenvalue weighted by atomic mass is 16.2. The Bertz CT molecular complexity index is 1280. The summed E-state index contributed by atoms with van der Waals surface area (Å²) in [5, 5.41) is 3.95. The first kappa shape index (κ1) is 20.8. The number of hydrogen-bond acceptors (Lipinski definition) is 4. The van der Waals surface area contributed by atoms with Crippen LogP contribution in [-0.4, -0.2) is 45.8 Å². The Morgan fingerprint density at radius 2 is 1.58 bits per heavy atom. The first-order valence-electron chi connectivity index (χ1n) is 11.1. The van der Waals surface area contributed by atoms with E-state index in [1.807, 2.05) is 77.7 Å². The molecule has 6 heteroatoms. The van der Waals surface area contributed by atoms with Crippen LogP contribution in [0.25, 0.3) is 22.2 Å². The molecule has 0 spiro atoms. The number of hydrogen-bond donors (Lipinski definition) is 1. The predicted molar refractivity (Wildman–Crippen MR) is 128 cm³/mol. The van der Waals surface area contributed by atoms with E-state index in [0.29, 0.717) is 24.2 Å². The van der Waals surface area contributed by atoms with Crippen LogP contribution in [-0.2, 0) is 0 Å². The second-order valence-corrected chi connectivity index (χ2v) is 8.21. The van der Waals surface area contributed by atoms with Crippen LogP contribution in [0.4, 0.5) is 0 Å². The number of piperidine rings is 1. The molecule has 5 rings (SSSR count). The van der Waals surface area contributed by atoms with Crippen molar-refractivity contribution in [2.45, 2.75) is 18.9 Å². The number of fused-ring (bicyclic) bond motifs is 1. The van der Waals surface area contributed by atoms with Gasteiger partial charge in [-0.2, -0.15) is 0 Å². The van der Waals surface area contributed by atoms with E-state index in [2.05, 4.69) is 10.3 Å². The molecule has 2 aromatic heterocycles. The maximum atomic E-state index is 13.5. The Morgan fingerprint density at radius 1 is 0.879 bits per heavy atom. The van der Waals surface area contributed by atoms with Crippen LogP contribution in [0.5, 0.6) is 0 Å². The van der Waals surface area contributed by atoms with Crippen LogP contribution in [0.3, 0.4) is 0 Å². The summed E-state index contributed by atoms with van der Waals surface area (Å²) in [5.41, 5.74) is 3.78. The monoisotopic (exact) mass is 436 g/mol. The number of rotatable bonds is 4. The van der Waals surface area contributed by atoms with E-state index in [-0.39, 0.29) is 17.9 Å². The van der Waals surface area contributed by atoms with E-state index >= 15 is 0 Å². The van der Waals surface area contributed by atoms with Gasteiger partial charge in [0.2, 0.25) is 0 Å². The first-order valence-corrected chi connectivity index (χ1v) is 11.1. The largest absolute Gasteiger partial charge is 0.349 e. The maximum absolute atomic E-state index is 13.5. The van der Waals surface area contributed by atoms with Gasteiger partial charge in [-0.3, -0.25) is 14.6 Å². The lowest BCUT2D eigenvalue weighted by Gasteiger charge is -2.32. The number of nitrogens with one attached hydrogen (secondary N) is 1. The van der Waals surface area contributed by atoms with E-state index in [4.69, 9.17) is 4.98 Å². The zero-order chi connectivity index (χ0) is 22.6. The quantitative estimate of drug-likeness (QED) is 0.517. The highest BCUT2D eigenvalue weighted by Crippen LogP contribution is 2.26. The fourth-order valence-electron chi connectivity index (χ4n) is 4.28. The molecule has 0 bridgehead atoms. The summed E-state index contributed by atoms with van der Waals surface area (Å²) in [6.45, 7) is 1.19. The van der Waals surface area contributed by atoms with E-state index in [0.717, 1.165) is 35.0 Å². The number of amides is 2. The second kappa shape index (κ2) is 9.20. The Hall–Kier alpha value is -4.06. The van der Waals surface area contributed by atoms with Crippen molar-refractivity contribution in [3.8, 4) is 11.3 Å². The lowest BCUT2D eigenvalue weighted by molar-refractivity contribution is 0.0700. The van der Waals surface area contributed by atoms with Crippen LogP contribution in [0, 0.1) is 0 Å². The molecule has 6 nitrogen and oxygen atoms in total. The molecule has 1 aliphatic heterocycles. The number of aromatic nitrogens is 2. The van der Waals surface area contributed by atoms with Gasteiger partial charge in [0.15, 0.2) is 0 Å². The Kier molecular flexibility index (Phi) is 5.81. The molecule has 33 heavy (non-hydrogen) atoms. The van der Waals surface area contributed by atoms with Crippen LogP contribution in [0.1, 0.15) is 33.6 Å². The highest BCUT2D eigenvalue weighted by molar-refractivity contribution is 6.07. The Morgan fingerprint density at radius 3 is 2.33 bits per heavy atom. The average molecular weight is 437 g/mol. The minimum atomic E-state index is -0.0671. The number of nitrogens with zero attached hydrogens (tertiary/aromatic N) is 3. The molecule has 0 aliphatic carbocycles. The lowest BCUT2D eigenvalue weighted by atomic mass is 10.0. The van der Waals surface area contributed by atoms with Gasteiger partial charge >= 0.3 is 0 Å². The second-order valence-electron chi connectivity index (χ2n) is 8.21. The molecule has 3 heterocycles. The summed E-state index contributed by atoms with van der Waals surface area (Å²) >= 11 is 0. The molecule has 1 saturated heterocycles. The van der Waals surface area contributed by atoms with Crippen molar-refractivity contribution in [1.29, 1.82) is 0 Å². The average Bonchev–Trinajstić information content (AvgIpc) is 2.89. The zero-order valence-electron chi connectivity index (χ0n) is 18.1. The molecule has 164 valence electrons. The van der Waals surface area contributed by atoms with Gasteiger partial charge in [-0.05, 0) is 49.2 Å². The van der Waals surface area contributed by atoms with Gasteiger partial charge in [-0.25, -0.2) is 4.98 Å². The van der Waals surface area contributed by atoms with Gasteiger partial charge in [-0.1, -0.05) is 36.4 Å². The number of carbonyl (C=O) groups is 2. The van der Waals surface area contributed by atoms with Crippen LogP contribution in [0.15, 0.2) is 85.2 Å². The van der Waals surface area contributed by atoms with Crippen molar-refractivity contribution < 1.29 is 9.59 Å². The fourth-order valence-corrected chi connectivity index (χ4v) is 4.28. The normalized spacial score (nSPS) is 14.2. The van der Waals surface area contributed by atoms with Crippen molar-refractivity contribution in [2.24, 2.45) is 0 Å². The molecule has 2 amide bonds. The molecule has 2 aromatic carbocycles. The molecular formula is C27H24N4O2. The first-order chi connectivity index (χ1) is 16.2. The third-order valence-corrected chi connectivity index (χ3v) is 6.08. The van der Waals surface area contributed by atoms with Crippen molar-refractivity contribution in [2.75, 3.05) is 13.1 Å². The highest BCUT2D eigenvalue weighted by Gasteiger charge is 2.26. The summed E-state index contributed by atoms with van der Waals surface area (Å²) in [6.07, 6.45) is 4.90. The number of likely N-dealkylation sites (tertiary alicyclic amines) is 1. The van der Waals surface area contributed by atoms with Gasteiger partial charge in [0.1, 0.15) is 0 Å². The third kappa shape index (κ3) is 4.46. The molecule has 1 N–H and O–H groups in total. The zero-order valence-corrected chi connectivity index (χ0v) is 18.1. The van der Waals surface area contributed by atoms with Crippen molar-refractivity contribution in [1.82, 2.24) is 20.2 Å². The molecule has 4 aromatic rings. The minimum absolute atomic E-state index is 0.00302. The number of benzene rings is 2. The van der Waals surface area contributed by atoms with Gasteiger partial charge in [0, 0.05) is 48.0 Å². The molecule has 0 unspecified atom stereocenters. The standard InChI is InChI=1S/C27H24N4O2/c32-26(20-6-2-1-3-7-20)29-21-12-16-31(17-13-21)27(33)23-18-25(19-10-14-28-15-11-19)30-24-9-5-4-8-22(23)24/h1-11,14-15,18,21H,12-13,16-17H2,(H,29,32).